The van der Waals surface area contributed by atoms with Gasteiger partial charge in [-0.25, -0.2) is 14.2 Å². The van der Waals surface area contributed by atoms with Crippen molar-refractivity contribution >= 4 is 34.4 Å². The van der Waals surface area contributed by atoms with E-state index in [-0.39, 0.29) is 52.2 Å². The van der Waals surface area contributed by atoms with Crippen molar-refractivity contribution in [3.63, 3.8) is 0 Å². The predicted molar refractivity (Wildman–Crippen MR) is 164 cm³/mol. The number of fused-ring (bicyclic) bond motifs is 4. The third kappa shape index (κ3) is 5.17. The van der Waals surface area contributed by atoms with Gasteiger partial charge < -0.3 is 19.5 Å². The molecule has 2 aromatic heterocycles. The molecule has 10 nitrogen and oxygen atoms in total. The molecule has 234 valence electrons. The number of hydrogen-bond donors (Lipinski definition) is 1. The lowest BCUT2D eigenvalue weighted by Crippen LogP contribution is -2.57. The van der Waals surface area contributed by atoms with Gasteiger partial charge in [-0.3, -0.25) is 9.80 Å². The van der Waals surface area contributed by atoms with Crippen LogP contribution in [-0.4, -0.2) is 85.4 Å². The number of aromatic nitrogens is 3. The molecule has 3 aromatic rings. The van der Waals surface area contributed by atoms with Gasteiger partial charge in [0.15, 0.2) is 11.0 Å². The number of phenols is 1. The first-order valence-electron chi connectivity index (χ1n) is 15.5. The van der Waals surface area contributed by atoms with Crippen LogP contribution in [0.4, 0.5) is 15.0 Å². The molecule has 4 atom stereocenters. The maximum absolute atomic E-state index is 15.4. The second kappa shape index (κ2) is 10.9. The van der Waals surface area contributed by atoms with Crippen molar-refractivity contribution in [2.45, 2.75) is 88.6 Å². The average Bonchev–Trinajstić information content (AvgIpc) is 3.63. The highest BCUT2D eigenvalue weighted by Gasteiger charge is 2.50. The van der Waals surface area contributed by atoms with Crippen LogP contribution >= 0.6 is 11.6 Å². The first-order chi connectivity index (χ1) is 21.0. The van der Waals surface area contributed by atoms with Crippen LogP contribution in [0, 0.1) is 5.82 Å². The maximum atomic E-state index is 15.4. The highest BCUT2D eigenvalue weighted by Crippen LogP contribution is 2.49. The van der Waals surface area contributed by atoms with E-state index in [0.29, 0.717) is 30.9 Å². The highest BCUT2D eigenvalue weighted by molar-refractivity contribution is 6.30. The van der Waals surface area contributed by atoms with E-state index >= 15 is 4.39 Å². The summed E-state index contributed by atoms with van der Waals surface area (Å²) in [6.45, 7) is 7.99. The molecule has 2 bridgehead atoms. The zero-order chi connectivity index (χ0) is 30.8. The third-order valence-corrected chi connectivity index (χ3v) is 9.91. The molecular formula is C32H38ClFN6O4. The summed E-state index contributed by atoms with van der Waals surface area (Å²) in [7, 11) is 0. The molecule has 4 fully saturated rings. The number of carbonyl (C=O) groups is 1. The van der Waals surface area contributed by atoms with Crippen LogP contribution in [0.15, 0.2) is 30.5 Å². The molecule has 0 unspecified atom stereocenters. The molecule has 1 aromatic carbocycles. The lowest BCUT2D eigenvalue weighted by atomic mass is 9.95. The van der Waals surface area contributed by atoms with Gasteiger partial charge in [0, 0.05) is 25.3 Å². The zero-order valence-corrected chi connectivity index (χ0v) is 26.1. The Morgan fingerprint density at radius 3 is 2.55 bits per heavy atom. The van der Waals surface area contributed by atoms with Crippen molar-refractivity contribution in [1.82, 2.24) is 24.8 Å². The molecule has 0 saturated carbocycles. The molecule has 1 amide bonds. The van der Waals surface area contributed by atoms with Crippen LogP contribution in [0.2, 0.25) is 5.15 Å². The highest BCUT2D eigenvalue weighted by atomic mass is 35.5. The minimum Gasteiger partial charge on any atom is -0.508 e. The molecule has 0 radical (unpaired) electrons. The molecule has 6 heterocycles. The van der Waals surface area contributed by atoms with E-state index in [1.54, 1.807) is 12.1 Å². The fourth-order valence-electron chi connectivity index (χ4n) is 7.74. The molecule has 4 saturated heterocycles. The SMILES string of the molecule is CC(C)(C)OC(=O)N1[C@@H]2CC[C@H]1CN(c1nc(OC[C@]34CCCN3[C@@H](c3ccc(O)cc3)CC4)nc3c(F)c(Cl)ncc13)C2. The minimum absolute atomic E-state index is 0.0515. The summed E-state index contributed by atoms with van der Waals surface area (Å²) in [5, 5.41) is 9.98. The second-order valence-corrected chi connectivity index (χ2v) is 13.9. The number of phenolic OH excluding ortho intramolecular Hbond substituents is 1. The number of halogens is 2. The smallest absolute Gasteiger partial charge is 0.410 e. The van der Waals surface area contributed by atoms with Gasteiger partial charge in [-0.2, -0.15) is 9.97 Å². The van der Waals surface area contributed by atoms with Gasteiger partial charge in [0.25, 0.3) is 0 Å². The van der Waals surface area contributed by atoms with Crippen molar-refractivity contribution < 1.29 is 23.8 Å². The topological polar surface area (TPSA) is 104 Å². The third-order valence-electron chi connectivity index (χ3n) is 9.64. The number of nitrogens with zero attached hydrogens (tertiary/aromatic N) is 6. The standard InChI is InChI=1S/C32H38ClFN6O4/c1-31(2,3)44-30(42)40-20-7-8-21(40)17-38(16-20)28-23-15-35-27(33)25(34)26(23)36-29(37-28)43-18-32-12-4-14-39(32)24(11-13-32)19-5-9-22(41)10-6-19/h5-6,9-10,15,20-21,24,41H,4,7-8,11-14,16-18H2,1-3H3/t20-,21+,24-,32-/m1/s1. The summed E-state index contributed by atoms with van der Waals surface area (Å²) in [6, 6.07) is 7.70. The van der Waals surface area contributed by atoms with E-state index in [1.807, 2.05) is 37.8 Å². The van der Waals surface area contributed by atoms with Crippen molar-refractivity contribution in [3.8, 4) is 11.8 Å². The van der Waals surface area contributed by atoms with Crippen LogP contribution < -0.4 is 9.64 Å². The largest absolute Gasteiger partial charge is 0.508 e. The number of benzene rings is 1. The number of rotatable bonds is 5. The summed E-state index contributed by atoms with van der Waals surface area (Å²) in [5.74, 6) is 0.0822. The Balaban J connectivity index is 1.16. The number of hydrogen-bond acceptors (Lipinski definition) is 9. The molecular weight excluding hydrogens is 587 g/mol. The number of pyridine rings is 1. The summed E-state index contributed by atoms with van der Waals surface area (Å²) < 4.78 is 27.5. The van der Waals surface area contributed by atoms with E-state index in [2.05, 4.69) is 19.8 Å². The van der Waals surface area contributed by atoms with E-state index in [0.717, 1.165) is 45.1 Å². The Hall–Kier alpha value is -3.44. The number of amides is 1. The maximum Gasteiger partial charge on any atom is 0.410 e. The number of aromatic hydroxyl groups is 1. The molecule has 44 heavy (non-hydrogen) atoms. The Bertz CT molecular complexity index is 1570. The molecule has 12 heteroatoms. The number of ether oxygens (including phenoxy) is 2. The van der Waals surface area contributed by atoms with E-state index in [9.17, 15) is 9.90 Å². The first kappa shape index (κ1) is 29.3. The molecule has 4 aliphatic rings. The molecule has 0 aliphatic carbocycles. The van der Waals surface area contributed by atoms with Gasteiger partial charge in [0.05, 0.1) is 23.0 Å². The van der Waals surface area contributed by atoms with Crippen LogP contribution in [0.3, 0.4) is 0 Å². The van der Waals surface area contributed by atoms with Crippen LogP contribution in [0.25, 0.3) is 10.9 Å². The summed E-state index contributed by atoms with van der Waals surface area (Å²) in [4.78, 5) is 32.9. The Morgan fingerprint density at radius 2 is 1.84 bits per heavy atom. The van der Waals surface area contributed by atoms with Crippen molar-refractivity contribution in [3.05, 3.63) is 47.0 Å². The zero-order valence-electron chi connectivity index (χ0n) is 25.3. The molecule has 7 rings (SSSR count). The van der Waals surface area contributed by atoms with Gasteiger partial charge in [0.1, 0.15) is 29.3 Å². The Morgan fingerprint density at radius 1 is 1.11 bits per heavy atom. The van der Waals surface area contributed by atoms with Gasteiger partial charge in [-0.1, -0.05) is 23.7 Å². The lowest BCUT2D eigenvalue weighted by molar-refractivity contribution is 0.0122. The number of anilines is 1. The molecule has 4 aliphatic heterocycles. The average molecular weight is 625 g/mol. The van der Waals surface area contributed by atoms with Crippen molar-refractivity contribution in [2.75, 3.05) is 31.1 Å². The van der Waals surface area contributed by atoms with E-state index in [4.69, 9.17) is 26.1 Å². The Kier molecular flexibility index (Phi) is 7.23. The van der Waals surface area contributed by atoms with Crippen LogP contribution in [0.5, 0.6) is 11.8 Å². The monoisotopic (exact) mass is 624 g/mol. The quantitative estimate of drug-likeness (QED) is 0.350. The number of piperazine rings is 1. The molecule has 1 N–H and O–H groups in total. The lowest BCUT2D eigenvalue weighted by Gasteiger charge is -2.42. The van der Waals surface area contributed by atoms with Crippen LogP contribution in [0.1, 0.15) is 70.9 Å². The first-order valence-corrected chi connectivity index (χ1v) is 15.9. The van der Waals surface area contributed by atoms with Crippen LogP contribution in [-0.2, 0) is 4.74 Å². The number of carbonyl (C=O) groups excluding carboxylic acids is 1. The molecule has 0 spiro atoms. The minimum atomic E-state index is -0.707. The summed E-state index contributed by atoms with van der Waals surface area (Å²) in [6.07, 6.45) is 6.90. The fourth-order valence-corrected chi connectivity index (χ4v) is 7.88. The van der Waals surface area contributed by atoms with Gasteiger partial charge in [0.2, 0.25) is 0 Å². The predicted octanol–water partition coefficient (Wildman–Crippen LogP) is 5.86. The van der Waals surface area contributed by atoms with Gasteiger partial charge in [-0.15, -0.1) is 0 Å². The van der Waals surface area contributed by atoms with Gasteiger partial charge >= 0.3 is 12.1 Å². The van der Waals surface area contributed by atoms with Gasteiger partial charge in [-0.05, 0) is 83.5 Å². The summed E-state index contributed by atoms with van der Waals surface area (Å²) in [5.41, 5.74) is 0.498. The van der Waals surface area contributed by atoms with Crippen molar-refractivity contribution in [2.24, 2.45) is 0 Å². The van der Waals surface area contributed by atoms with E-state index in [1.165, 1.54) is 11.8 Å². The fraction of sp³-hybridized carbons (Fsp3) is 0.562. The second-order valence-electron chi connectivity index (χ2n) is 13.6. The Labute approximate surface area is 261 Å². The summed E-state index contributed by atoms with van der Waals surface area (Å²) >= 11 is 6.10. The van der Waals surface area contributed by atoms with E-state index < -0.39 is 11.4 Å². The van der Waals surface area contributed by atoms with Crippen molar-refractivity contribution in [1.29, 1.82) is 0 Å². The normalized spacial score (nSPS) is 26.8.